The molecule has 0 bridgehead atoms. The molecule has 0 saturated heterocycles. The molecule has 26 heavy (non-hydrogen) atoms. The quantitative estimate of drug-likeness (QED) is 0.744. The molecule has 6 nitrogen and oxygen atoms in total. The first-order chi connectivity index (χ1) is 12.8. The molecule has 5 rings (SSSR count). The topological polar surface area (TPSA) is 66.6 Å². The number of H-pyrrole nitrogens is 1. The van der Waals surface area contributed by atoms with Crippen LogP contribution >= 0.6 is 0 Å². The minimum atomic E-state index is -0.338. The number of para-hydroxylation sites is 1. The summed E-state index contributed by atoms with van der Waals surface area (Å²) in [5.74, 6) is 1.30. The number of amides is 1. The van der Waals surface area contributed by atoms with E-state index in [4.69, 9.17) is 9.47 Å². The van der Waals surface area contributed by atoms with Gasteiger partial charge in [-0.05, 0) is 36.4 Å². The summed E-state index contributed by atoms with van der Waals surface area (Å²) in [5, 5.41) is 3.46. The Morgan fingerprint density at radius 2 is 1.81 bits per heavy atom. The standard InChI is InChI=1S/C20H17N3O3/c24-20-14-4-1-2-5-15(14)22-19(16-6-3-9-21-16)23(20)13-7-8-17-18(12-13)26-11-10-25-17/h1-9,12,19,21-22H,10-11H2. The van der Waals surface area contributed by atoms with Crippen LogP contribution in [0.25, 0.3) is 0 Å². The summed E-state index contributed by atoms with van der Waals surface area (Å²) in [6.45, 7) is 1.04. The van der Waals surface area contributed by atoms with Crippen molar-refractivity contribution in [2.75, 3.05) is 23.4 Å². The number of carbonyl (C=O) groups is 1. The second kappa shape index (κ2) is 5.84. The van der Waals surface area contributed by atoms with E-state index in [0.29, 0.717) is 30.3 Å². The Hall–Kier alpha value is -3.41. The molecule has 1 amide bonds. The van der Waals surface area contributed by atoms with Gasteiger partial charge in [-0.3, -0.25) is 9.69 Å². The molecule has 0 spiro atoms. The summed E-state index contributed by atoms with van der Waals surface area (Å²) < 4.78 is 11.3. The Labute approximate surface area is 150 Å². The molecule has 2 aliphatic rings. The van der Waals surface area contributed by atoms with Gasteiger partial charge < -0.3 is 19.8 Å². The van der Waals surface area contributed by atoms with Crippen molar-refractivity contribution in [2.24, 2.45) is 0 Å². The van der Waals surface area contributed by atoms with Gasteiger partial charge in [-0.1, -0.05) is 12.1 Å². The Morgan fingerprint density at radius 1 is 0.962 bits per heavy atom. The number of nitrogens with zero attached hydrogens (tertiary/aromatic N) is 1. The summed E-state index contributed by atoms with van der Waals surface area (Å²) in [7, 11) is 0. The van der Waals surface area contributed by atoms with Crippen molar-refractivity contribution in [1.29, 1.82) is 0 Å². The molecule has 3 aromatic rings. The van der Waals surface area contributed by atoms with E-state index in [2.05, 4.69) is 10.3 Å². The molecule has 3 heterocycles. The number of rotatable bonds is 2. The first-order valence-electron chi connectivity index (χ1n) is 8.53. The summed E-state index contributed by atoms with van der Waals surface area (Å²) in [4.78, 5) is 18.2. The van der Waals surface area contributed by atoms with E-state index in [9.17, 15) is 4.79 Å². The van der Waals surface area contributed by atoms with Crippen LogP contribution in [-0.2, 0) is 0 Å². The molecule has 1 unspecified atom stereocenters. The summed E-state index contributed by atoms with van der Waals surface area (Å²) in [5.41, 5.74) is 3.12. The van der Waals surface area contributed by atoms with Crippen molar-refractivity contribution < 1.29 is 14.3 Å². The SMILES string of the molecule is O=C1c2ccccc2NC(c2ccc[nH]2)N1c1ccc2c(c1)OCCO2. The summed E-state index contributed by atoms with van der Waals surface area (Å²) >= 11 is 0. The monoisotopic (exact) mass is 347 g/mol. The van der Waals surface area contributed by atoms with Gasteiger partial charge in [-0.25, -0.2) is 0 Å². The summed E-state index contributed by atoms with van der Waals surface area (Å²) in [6, 6.07) is 17.0. The predicted octanol–water partition coefficient (Wildman–Crippen LogP) is 3.56. The molecule has 0 radical (unpaired) electrons. The highest BCUT2D eigenvalue weighted by Gasteiger charge is 2.35. The lowest BCUT2D eigenvalue weighted by molar-refractivity contribution is 0.0974. The smallest absolute Gasteiger partial charge is 0.262 e. The Kier molecular flexibility index (Phi) is 3.35. The van der Waals surface area contributed by atoms with Crippen molar-refractivity contribution in [3.05, 3.63) is 72.1 Å². The van der Waals surface area contributed by atoms with Gasteiger partial charge in [0.2, 0.25) is 0 Å². The van der Waals surface area contributed by atoms with Crippen LogP contribution in [0.15, 0.2) is 60.8 Å². The van der Waals surface area contributed by atoms with Crippen LogP contribution in [0, 0.1) is 0 Å². The maximum absolute atomic E-state index is 13.3. The van der Waals surface area contributed by atoms with E-state index in [1.807, 2.05) is 60.8 Å². The minimum Gasteiger partial charge on any atom is -0.486 e. The van der Waals surface area contributed by atoms with E-state index in [1.165, 1.54) is 0 Å². The number of hydrogen-bond acceptors (Lipinski definition) is 4. The molecule has 0 aliphatic carbocycles. The van der Waals surface area contributed by atoms with Gasteiger partial charge in [0, 0.05) is 18.0 Å². The zero-order valence-corrected chi connectivity index (χ0v) is 13.9. The van der Waals surface area contributed by atoms with Crippen LogP contribution in [0.4, 0.5) is 11.4 Å². The third kappa shape index (κ3) is 2.30. The predicted molar refractivity (Wildman–Crippen MR) is 97.8 cm³/mol. The van der Waals surface area contributed by atoms with Crippen LogP contribution in [0.2, 0.25) is 0 Å². The fourth-order valence-electron chi connectivity index (χ4n) is 3.43. The van der Waals surface area contributed by atoms with Crippen LogP contribution in [0.3, 0.4) is 0 Å². The third-order valence-corrected chi connectivity index (χ3v) is 4.65. The maximum atomic E-state index is 13.3. The lowest BCUT2D eigenvalue weighted by Crippen LogP contribution is -2.43. The highest BCUT2D eigenvalue weighted by atomic mass is 16.6. The van der Waals surface area contributed by atoms with E-state index < -0.39 is 0 Å². The van der Waals surface area contributed by atoms with Crippen LogP contribution < -0.4 is 19.7 Å². The lowest BCUT2D eigenvalue weighted by atomic mass is 10.0. The number of fused-ring (bicyclic) bond motifs is 2. The van der Waals surface area contributed by atoms with Gasteiger partial charge in [0.25, 0.3) is 5.91 Å². The largest absolute Gasteiger partial charge is 0.486 e. The number of anilines is 2. The highest BCUT2D eigenvalue weighted by Crippen LogP contribution is 2.40. The lowest BCUT2D eigenvalue weighted by Gasteiger charge is -2.37. The number of hydrogen-bond donors (Lipinski definition) is 2. The first-order valence-corrected chi connectivity index (χ1v) is 8.53. The van der Waals surface area contributed by atoms with E-state index in [1.54, 1.807) is 4.90 Å². The molecule has 2 N–H and O–H groups in total. The number of ether oxygens (including phenoxy) is 2. The van der Waals surface area contributed by atoms with Crippen molar-refractivity contribution in [1.82, 2.24) is 4.98 Å². The molecule has 6 heteroatoms. The normalized spacial score (nSPS) is 18.2. The van der Waals surface area contributed by atoms with Gasteiger partial charge in [0.15, 0.2) is 11.5 Å². The second-order valence-electron chi connectivity index (χ2n) is 6.22. The Bertz CT molecular complexity index is 968. The molecular weight excluding hydrogens is 330 g/mol. The van der Waals surface area contributed by atoms with Gasteiger partial charge in [0.05, 0.1) is 16.9 Å². The zero-order chi connectivity index (χ0) is 17.5. The number of nitrogens with one attached hydrogen (secondary N) is 2. The van der Waals surface area contributed by atoms with Crippen LogP contribution in [0.1, 0.15) is 22.2 Å². The fourth-order valence-corrected chi connectivity index (χ4v) is 3.43. The van der Waals surface area contributed by atoms with Gasteiger partial charge in [-0.15, -0.1) is 0 Å². The van der Waals surface area contributed by atoms with Gasteiger partial charge in [-0.2, -0.15) is 0 Å². The number of carbonyl (C=O) groups excluding carboxylic acids is 1. The van der Waals surface area contributed by atoms with Gasteiger partial charge in [0.1, 0.15) is 19.4 Å². The summed E-state index contributed by atoms with van der Waals surface area (Å²) in [6.07, 6.45) is 1.51. The van der Waals surface area contributed by atoms with Gasteiger partial charge >= 0.3 is 0 Å². The fraction of sp³-hybridized carbons (Fsp3) is 0.150. The van der Waals surface area contributed by atoms with Crippen LogP contribution in [0.5, 0.6) is 11.5 Å². The van der Waals surface area contributed by atoms with Crippen molar-refractivity contribution in [3.8, 4) is 11.5 Å². The molecular formula is C20H17N3O3. The molecule has 0 saturated carbocycles. The average Bonchev–Trinajstić information content (AvgIpc) is 3.22. The minimum absolute atomic E-state index is 0.0596. The molecule has 2 aliphatic heterocycles. The van der Waals surface area contributed by atoms with E-state index >= 15 is 0 Å². The molecule has 1 aromatic heterocycles. The first kappa shape index (κ1) is 14.9. The Morgan fingerprint density at radius 3 is 2.65 bits per heavy atom. The maximum Gasteiger partial charge on any atom is 0.262 e. The number of aromatic amines is 1. The zero-order valence-electron chi connectivity index (χ0n) is 13.9. The average molecular weight is 347 g/mol. The second-order valence-corrected chi connectivity index (χ2v) is 6.22. The van der Waals surface area contributed by atoms with Crippen LogP contribution in [-0.4, -0.2) is 24.1 Å². The molecule has 0 fully saturated rings. The van der Waals surface area contributed by atoms with Crippen molar-refractivity contribution >= 4 is 17.3 Å². The molecule has 2 aromatic carbocycles. The van der Waals surface area contributed by atoms with E-state index in [-0.39, 0.29) is 12.1 Å². The number of benzene rings is 2. The molecule has 1 atom stereocenters. The Balaban J connectivity index is 1.63. The van der Waals surface area contributed by atoms with E-state index in [0.717, 1.165) is 17.1 Å². The third-order valence-electron chi connectivity index (χ3n) is 4.65. The molecule has 130 valence electrons. The van der Waals surface area contributed by atoms with Crippen molar-refractivity contribution in [2.45, 2.75) is 6.17 Å². The number of aromatic nitrogens is 1. The van der Waals surface area contributed by atoms with Crippen molar-refractivity contribution in [3.63, 3.8) is 0 Å². The highest BCUT2D eigenvalue weighted by molar-refractivity contribution is 6.12.